The quantitative estimate of drug-likeness (QED) is 0.248. The van der Waals surface area contributed by atoms with Crippen LogP contribution in [0.5, 0.6) is 5.75 Å². The molecule has 7 heteroatoms. The Bertz CT molecular complexity index is 697. The lowest BCUT2D eigenvalue weighted by atomic mass is 10.1. The molecule has 0 unspecified atom stereocenters. The molecular formula is C20H32IN5O. The molecule has 150 valence electrons. The van der Waals surface area contributed by atoms with E-state index < -0.39 is 0 Å². The Balaban J connectivity index is 0.00000364. The number of nitrogens with one attached hydrogen (secondary N) is 2. The highest BCUT2D eigenvalue weighted by atomic mass is 127. The minimum absolute atomic E-state index is 0. The molecule has 0 saturated carbocycles. The zero-order valence-corrected chi connectivity index (χ0v) is 19.1. The van der Waals surface area contributed by atoms with Crippen LogP contribution in [-0.2, 0) is 13.0 Å². The normalized spacial score (nSPS) is 11.0. The zero-order chi connectivity index (χ0) is 18.8. The van der Waals surface area contributed by atoms with Gasteiger partial charge < -0.3 is 15.4 Å². The molecule has 1 heterocycles. The Morgan fingerprint density at radius 3 is 2.33 bits per heavy atom. The van der Waals surface area contributed by atoms with E-state index in [1.807, 2.05) is 19.1 Å². The number of rotatable bonds is 9. The first-order chi connectivity index (χ1) is 12.6. The number of aliphatic imine (C=N–C) groups is 1. The molecule has 0 fully saturated rings. The summed E-state index contributed by atoms with van der Waals surface area (Å²) in [6.45, 7) is 6.80. The van der Waals surface area contributed by atoms with Crippen molar-refractivity contribution in [3.05, 3.63) is 47.3 Å². The minimum atomic E-state index is 0. The van der Waals surface area contributed by atoms with Gasteiger partial charge in [0.25, 0.3) is 0 Å². The maximum Gasteiger partial charge on any atom is 0.190 e. The fourth-order valence-corrected chi connectivity index (χ4v) is 2.85. The van der Waals surface area contributed by atoms with Gasteiger partial charge in [-0.3, -0.25) is 9.67 Å². The van der Waals surface area contributed by atoms with E-state index >= 15 is 0 Å². The average Bonchev–Trinajstić information content (AvgIpc) is 2.98. The average molecular weight is 485 g/mol. The third kappa shape index (κ3) is 8.19. The van der Waals surface area contributed by atoms with Gasteiger partial charge in [0, 0.05) is 32.4 Å². The second kappa shape index (κ2) is 12.6. The van der Waals surface area contributed by atoms with Gasteiger partial charge in [-0.25, -0.2) is 0 Å². The Labute approximate surface area is 179 Å². The van der Waals surface area contributed by atoms with Crippen LogP contribution in [-0.4, -0.2) is 43.0 Å². The summed E-state index contributed by atoms with van der Waals surface area (Å²) in [4.78, 5) is 4.28. The number of methoxy groups -OCH3 is 1. The van der Waals surface area contributed by atoms with Gasteiger partial charge >= 0.3 is 0 Å². The first-order valence-corrected chi connectivity index (χ1v) is 9.21. The maximum atomic E-state index is 5.18. The largest absolute Gasteiger partial charge is 0.497 e. The third-order valence-electron chi connectivity index (χ3n) is 4.26. The molecule has 0 atom stereocenters. The van der Waals surface area contributed by atoms with Crippen LogP contribution in [0.4, 0.5) is 0 Å². The van der Waals surface area contributed by atoms with Crippen LogP contribution >= 0.6 is 24.0 Å². The Hall–Kier alpha value is -1.77. The summed E-state index contributed by atoms with van der Waals surface area (Å²) in [5.41, 5.74) is 3.61. The number of aromatic nitrogens is 2. The van der Waals surface area contributed by atoms with Crippen molar-refractivity contribution in [1.82, 2.24) is 20.4 Å². The predicted octanol–water partition coefficient (Wildman–Crippen LogP) is 3.31. The standard InChI is InChI=1S/C20H31N5O.HI/c1-16-15-17(2)25(24-16)14-6-13-23-20(21-3)22-12-5-7-18-8-10-19(26-4)11-9-18;/h8-11,15H,5-7,12-14H2,1-4H3,(H2,21,22,23);1H. The lowest BCUT2D eigenvalue weighted by molar-refractivity contribution is 0.414. The van der Waals surface area contributed by atoms with E-state index in [1.54, 1.807) is 14.2 Å². The molecule has 6 nitrogen and oxygen atoms in total. The molecule has 0 aliphatic rings. The number of hydrogen-bond acceptors (Lipinski definition) is 3. The van der Waals surface area contributed by atoms with Crippen LogP contribution in [0.3, 0.4) is 0 Å². The topological polar surface area (TPSA) is 63.5 Å². The van der Waals surface area contributed by atoms with E-state index in [2.05, 4.69) is 50.5 Å². The van der Waals surface area contributed by atoms with E-state index in [1.165, 1.54) is 11.3 Å². The molecule has 0 saturated heterocycles. The fourth-order valence-electron chi connectivity index (χ4n) is 2.85. The van der Waals surface area contributed by atoms with Crippen LogP contribution in [0.2, 0.25) is 0 Å². The number of aryl methyl sites for hydroxylation is 4. The number of benzene rings is 1. The lowest BCUT2D eigenvalue weighted by Crippen LogP contribution is -2.38. The van der Waals surface area contributed by atoms with E-state index in [4.69, 9.17) is 4.74 Å². The Kier molecular flexibility index (Phi) is 10.8. The lowest BCUT2D eigenvalue weighted by Gasteiger charge is -2.12. The Morgan fingerprint density at radius 2 is 1.78 bits per heavy atom. The summed E-state index contributed by atoms with van der Waals surface area (Å²) < 4.78 is 7.24. The summed E-state index contributed by atoms with van der Waals surface area (Å²) in [6.07, 6.45) is 3.10. The van der Waals surface area contributed by atoms with Gasteiger partial charge in [0.1, 0.15) is 5.75 Å². The van der Waals surface area contributed by atoms with Gasteiger partial charge in [0.15, 0.2) is 5.96 Å². The molecule has 0 aliphatic carbocycles. The second-order valence-corrected chi connectivity index (χ2v) is 6.38. The zero-order valence-electron chi connectivity index (χ0n) is 16.8. The van der Waals surface area contributed by atoms with Gasteiger partial charge in [0.2, 0.25) is 0 Å². The van der Waals surface area contributed by atoms with Crippen LogP contribution in [0.25, 0.3) is 0 Å². The molecule has 0 aliphatic heterocycles. The highest BCUT2D eigenvalue weighted by molar-refractivity contribution is 14.0. The minimum Gasteiger partial charge on any atom is -0.497 e. The molecule has 0 spiro atoms. The van der Waals surface area contributed by atoms with Crippen molar-refractivity contribution in [3.8, 4) is 5.75 Å². The molecule has 0 radical (unpaired) electrons. The smallest absolute Gasteiger partial charge is 0.190 e. The molecule has 2 aromatic rings. The molecule has 0 bridgehead atoms. The van der Waals surface area contributed by atoms with Gasteiger partial charge in [-0.1, -0.05) is 12.1 Å². The summed E-state index contributed by atoms with van der Waals surface area (Å²) >= 11 is 0. The van der Waals surface area contributed by atoms with Crippen molar-refractivity contribution < 1.29 is 4.74 Å². The predicted molar refractivity (Wildman–Crippen MR) is 122 cm³/mol. The van der Waals surface area contributed by atoms with E-state index in [0.717, 1.165) is 56.3 Å². The Morgan fingerprint density at radius 1 is 1.11 bits per heavy atom. The third-order valence-corrected chi connectivity index (χ3v) is 4.26. The van der Waals surface area contributed by atoms with Crippen molar-refractivity contribution in [2.24, 2.45) is 4.99 Å². The molecule has 1 aromatic heterocycles. The highest BCUT2D eigenvalue weighted by Gasteiger charge is 2.01. The molecule has 0 amide bonds. The second-order valence-electron chi connectivity index (χ2n) is 6.38. The van der Waals surface area contributed by atoms with Crippen LogP contribution in [0, 0.1) is 13.8 Å². The van der Waals surface area contributed by atoms with Crippen molar-refractivity contribution >= 4 is 29.9 Å². The van der Waals surface area contributed by atoms with Crippen LogP contribution in [0.15, 0.2) is 35.3 Å². The van der Waals surface area contributed by atoms with Crippen LogP contribution in [0.1, 0.15) is 29.8 Å². The molecule has 2 N–H and O–H groups in total. The number of guanidine groups is 1. The monoisotopic (exact) mass is 485 g/mol. The van der Waals surface area contributed by atoms with Crippen molar-refractivity contribution in [3.63, 3.8) is 0 Å². The molecule has 2 rings (SSSR count). The number of ether oxygens (including phenoxy) is 1. The summed E-state index contributed by atoms with van der Waals surface area (Å²) in [5.74, 6) is 1.75. The first kappa shape index (κ1) is 23.3. The fraction of sp³-hybridized carbons (Fsp3) is 0.500. The molecule has 1 aromatic carbocycles. The molecule has 27 heavy (non-hydrogen) atoms. The maximum absolute atomic E-state index is 5.18. The van der Waals surface area contributed by atoms with Gasteiger partial charge in [-0.15, -0.1) is 24.0 Å². The number of hydrogen-bond donors (Lipinski definition) is 2. The van der Waals surface area contributed by atoms with Crippen LogP contribution < -0.4 is 15.4 Å². The van der Waals surface area contributed by atoms with Crippen molar-refractivity contribution in [1.29, 1.82) is 0 Å². The van der Waals surface area contributed by atoms with Crippen molar-refractivity contribution in [2.45, 2.75) is 39.7 Å². The molecular weight excluding hydrogens is 453 g/mol. The van der Waals surface area contributed by atoms with Gasteiger partial charge in [-0.2, -0.15) is 5.10 Å². The summed E-state index contributed by atoms with van der Waals surface area (Å²) in [6, 6.07) is 10.4. The van der Waals surface area contributed by atoms with E-state index in [-0.39, 0.29) is 24.0 Å². The van der Waals surface area contributed by atoms with E-state index in [0.29, 0.717) is 0 Å². The van der Waals surface area contributed by atoms with Gasteiger partial charge in [0.05, 0.1) is 12.8 Å². The van der Waals surface area contributed by atoms with Crippen molar-refractivity contribution in [2.75, 3.05) is 27.2 Å². The SMILES string of the molecule is CN=C(NCCCc1ccc(OC)cc1)NCCCn1nc(C)cc1C.I. The highest BCUT2D eigenvalue weighted by Crippen LogP contribution is 2.12. The summed E-state index contributed by atoms with van der Waals surface area (Å²) in [7, 11) is 3.49. The van der Waals surface area contributed by atoms with E-state index in [9.17, 15) is 0 Å². The summed E-state index contributed by atoms with van der Waals surface area (Å²) in [5, 5.41) is 11.2. The number of halogens is 1. The number of nitrogens with zero attached hydrogens (tertiary/aromatic N) is 3. The van der Waals surface area contributed by atoms with Gasteiger partial charge in [-0.05, 0) is 56.9 Å². The first-order valence-electron chi connectivity index (χ1n) is 9.21.